The van der Waals surface area contributed by atoms with Gasteiger partial charge in [0.1, 0.15) is 0 Å². The molecule has 2 aliphatic rings. The average Bonchev–Trinajstić information content (AvgIpc) is 3.00. The Morgan fingerprint density at radius 2 is 1.79 bits per heavy atom. The number of fused-ring (bicyclic) bond motifs is 2. The van der Waals surface area contributed by atoms with E-state index in [4.69, 9.17) is 0 Å². The second-order valence-corrected chi connectivity index (χ2v) is 7.77. The van der Waals surface area contributed by atoms with Gasteiger partial charge in [-0.2, -0.15) is 0 Å². The summed E-state index contributed by atoms with van der Waals surface area (Å²) in [6.45, 7) is 2.06. The Labute approximate surface area is 174 Å². The topological polar surface area (TPSA) is 61.4 Å². The molecule has 2 heterocycles. The van der Waals surface area contributed by atoms with Gasteiger partial charge in [0, 0.05) is 25.0 Å². The maximum absolute atomic E-state index is 13.7. The van der Waals surface area contributed by atoms with Crippen LogP contribution in [0.15, 0.2) is 12.1 Å². The van der Waals surface area contributed by atoms with E-state index in [0.29, 0.717) is 37.4 Å². The highest BCUT2D eigenvalue weighted by atomic mass is 35.5. The van der Waals surface area contributed by atoms with E-state index in [1.54, 1.807) is 0 Å². The maximum atomic E-state index is 13.7. The predicted molar refractivity (Wildman–Crippen MR) is 106 cm³/mol. The van der Waals surface area contributed by atoms with Crippen molar-refractivity contribution in [2.75, 3.05) is 18.4 Å². The smallest absolute Gasteiger partial charge is 0.244 e. The number of carbonyl (C=O) groups excluding carboxylic acids is 2. The van der Waals surface area contributed by atoms with Crippen LogP contribution in [0.5, 0.6) is 0 Å². The first-order valence-electron chi connectivity index (χ1n) is 9.84. The quantitative estimate of drug-likeness (QED) is 0.645. The minimum Gasteiger partial charge on any atom is -0.333 e. The van der Waals surface area contributed by atoms with E-state index in [1.807, 2.05) is 6.92 Å². The van der Waals surface area contributed by atoms with Crippen molar-refractivity contribution in [3.63, 3.8) is 0 Å². The van der Waals surface area contributed by atoms with Gasteiger partial charge in [-0.15, -0.1) is 12.4 Å². The second kappa shape index (κ2) is 10.3. The largest absolute Gasteiger partial charge is 0.333 e. The monoisotopic (exact) mass is 433 g/mol. The van der Waals surface area contributed by atoms with Crippen LogP contribution in [0.25, 0.3) is 0 Å². The minimum absolute atomic E-state index is 0. The maximum Gasteiger partial charge on any atom is 0.244 e. The van der Waals surface area contributed by atoms with Crippen molar-refractivity contribution in [1.82, 2.24) is 10.2 Å². The van der Waals surface area contributed by atoms with E-state index in [0.717, 1.165) is 37.8 Å². The van der Waals surface area contributed by atoms with Crippen LogP contribution >= 0.6 is 12.4 Å². The second-order valence-electron chi connectivity index (χ2n) is 7.77. The average molecular weight is 434 g/mol. The van der Waals surface area contributed by atoms with E-state index < -0.39 is 29.0 Å². The summed E-state index contributed by atoms with van der Waals surface area (Å²) < 4.78 is 40.1. The third-order valence-electron chi connectivity index (χ3n) is 5.52. The first-order chi connectivity index (χ1) is 13.4. The van der Waals surface area contributed by atoms with Gasteiger partial charge < -0.3 is 15.5 Å². The van der Waals surface area contributed by atoms with Crippen LogP contribution in [-0.4, -0.2) is 41.9 Å². The summed E-state index contributed by atoms with van der Waals surface area (Å²) in [5.41, 5.74) is -0.442. The molecule has 5 nitrogen and oxygen atoms in total. The molecule has 3 rings (SSSR count). The number of carbonyl (C=O) groups is 2. The highest BCUT2D eigenvalue weighted by Gasteiger charge is 2.35. The molecule has 0 spiro atoms. The Bertz CT molecular complexity index is 738. The van der Waals surface area contributed by atoms with Gasteiger partial charge in [0.25, 0.3) is 0 Å². The molecule has 0 aromatic heterocycles. The Hall–Kier alpha value is -1.80. The van der Waals surface area contributed by atoms with Crippen LogP contribution in [0, 0.1) is 23.4 Å². The number of rotatable bonds is 7. The van der Waals surface area contributed by atoms with Crippen LogP contribution < -0.4 is 10.6 Å². The summed E-state index contributed by atoms with van der Waals surface area (Å²) in [6.07, 6.45) is 5.30. The molecular weight excluding hydrogens is 407 g/mol. The number of anilines is 1. The Morgan fingerprint density at radius 3 is 2.41 bits per heavy atom. The zero-order valence-corrected chi connectivity index (χ0v) is 17.2. The first kappa shape index (κ1) is 23.5. The van der Waals surface area contributed by atoms with Gasteiger partial charge in [-0.3, -0.25) is 9.59 Å². The lowest BCUT2D eigenvalue weighted by Gasteiger charge is -2.30. The lowest BCUT2D eigenvalue weighted by Crippen LogP contribution is -2.42. The predicted octanol–water partition coefficient (Wildman–Crippen LogP) is 3.62. The molecule has 2 saturated heterocycles. The molecule has 0 aliphatic carbocycles. The van der Waals surface area contributed by atoms with Gasteiger partial charge in [0.15, 0.2) is 17.5 Å². The van der Waals surface area contributed by atoms with Gasteiger partial charge >= 0.3 is 0 Å². The molecule has 1 aromatic rings. The van der Waals surface area contributed by atoms with Gasteiger partial charge in [-0.1, -0.05) is 6.92 Å². The normalized spacial score (nSPS) is 22.7. The molecule has 29 heavy (non-hydrogen) atoms. The van der Waals surface area contributed by atoms with E-state index in [-0.39, 0.29) is 24.9 Å². The van der Waals surface area contributed by atoms with E-state index >= 15 is 0 Å². The molecule has 2 atom stereocenters. The fraction of sp³-hybridized carbons (Fsp3) is 0.600. The Kier molecular flexibility index (Phi) is 8.34. The number of benzene rings is 1. The van der Waals surface area contributed by atoms with E-state index in [1.165, 1.54) is 4.90 Å². The molecule has 1 aromatic carbocycles. The summed E-state index contributed by atoms with van der Waals surface area (Å²) in [5, 5.41) is 5.76. The van der Waals surface area contributed by atoms with Crippen LogP contribution in [0.2, 0.25) is 0 Å². The lowest BCUT2D eigenvalue weighted by molar-refractivity contribution is -0.135. The van der Waals surface area contributed by atoms with E-state index in [2.05, 4.69) is 10.6 Å². The summed E-state index contributed by atoms with van der Waals surface area (Å²) >= 11 is 0. The Morgan fingerprint density at radius 1 is 1.14 bits per heavy atom. The molecule has 162 valence electrons. The van der Waals surface area contributed by atoms with Crippen molar-refractivity contribution in [1.29, 1.82) is 0 Å². The fourth-order valence-electron chi connectivity index (χ4n) is 4.27. The number of halogens is 4. The van der Waals surface area contributed by atoms with Gasteiger partial charge in [-0.25, -0.2) is 13.2 Å². The van der Waals surface area contributed by atoms with Crippen LogP contribution in [-0.2, 0) is 9.59 Å². The van der Waals surface area contributed by atoms with Gasteiger partial charge in [0.2, 0.25) is 11.8 Å². The highest BCUT2D eigenvalue weighted by molar-refractivity contribution is 5.94. The SMILES string of the molecule is CCCN(CC(=O)Nc1ccc(F)c(F)c1F)C(=O)CC1CC2CCC(C1)N2.Cl. The minimum atomic E-state index is -1.64. The van der Waals surface area contributed by atoms with Crippen molar-refractivity contribution < 1.29 is 22.8 Å². The number of hydrogen-bond donors (Lipinski definition) is 2. The van der Waals surface area contributed by atoms with Crippen LogP contribution in [0.1, 0.15) is 45.4 Å². The number of nitrogens with one attached hydrogen (secondary N) is 2. The summed E-state index contributed by atoms with van der Waals surface area (Å²) in [5.74, 6) is -4.86. The van der Waals surface area contributed by atoms with E-state index in [9.17, 15) is 22.8 Å². The van der Waals surface area contributed by atoms with Crippen molar-refractivity contribution in [2.24, 2.45) is 5.92 Å². The molecule has 2 unspecified atom stereocenters. The molecule has 2 N–H and O–H groups in total. The van der Waals surface area contributed by atoms with Gasteiger partial charge in [0.05, 0.1) is 12.2 Å². The summed E-state index contributed by atoms with van der Waals surface area (Å²) in [6, 6.07) is 2.67. The fourth-order valence-corrected chi connectivity index (χ4v) is 4.27. The van der Waals surface area contributed by atoms with Gasteiger partial charge in [-0.05, 0) is 50.2 Å². The first-order valence-corrected chi connectivity index (χ1v) is 9.84. The Balaban J connectivity index is 0.00000300. The van der Waals surface area contributed by atoms with Crippen molar-refractivity contribution in [3.05, 3.63) is 29.6 Å². The summed E-state index contributed by atoms with van der Waals surface area (Å²) in [7, 11) is 0. The molecule has 0 radical (unpaired) electrons. The third kappa shape index (κ3) is 5.85. The number of hydrogen-bond acceptors (Lipinski definition) is 3. The van der Waals surface area contributed by atoms with Crippen molar-refractivity contribution >= 4 is 29.9 Å². The van der Waals surface area contributed by atoms with Crippen LogP contribution in [0.4, 0.5) is 18.9 Å². The molecule has 2 bridgehead atoms. The molecule has 2 aliphatic heterocycles. The third-order valence-corrected chi connectivity index (χ3v) is 5.52. The highest BCUT2D eigenvalue weighted by Crippen LogP contribution is 2.33. The number of amides is 2. The van der Waals surface area contributed by atoms with Crippen LogP contribution in [0.3, 0.4) is 0 Å². The molecule has 2 amide bonds. The van der Waals surface area contributed by atoms with Crippen molar-refractivity contribution in [2.45, 2.75) is 57.5 Å². The molecular formula is C20H27ClF3N3O2. The number of nitrogens with zero attached hydrogens (tertiary/aromatic N) is 1. The molecule has 9 heteroatoms. The summed E-state index contributed by atoms with van der Waals surface area (Å²) in [4.78, 5) is 26.4. The standard InChI is InChI=1S/C20H26F3N3O2.ClH/c1-2-7-26(18(28)10-12-8-13-3-4-14(9-12)24-13)11-17(27)25-16-6-5-15(21)19(22)20(16)23;/h5-6,12-14,24H,2-4,7-11H2,1H3,(H,25,27);1H. The van der Waals surface area contributed by atoms with Crippen molar-refractivity contribution in [3.8, 4) is 0 Å². The zero-order valence-electron chi connectivity index (χ0n) is 16.3. The lowest BCUT2D eigenvalue weighted by atomic mass is 9.89. The zero-order chi connectivity index (χ0) is 20.3. The number of piperidine rings is 1. The molecule has 0 saturated carbocycles. The molecule has 2 fully saturated rings.